The fraction of sp³-hybridized carbons (Fsp3) is 0.800. The molecular weight excluding hydrogens is 150 g/mol. The molecule has 2 heteroatoms. The first kappa shape index (κ1) is 9.75. The first-order valence-electron chi connectivity index (χ1n) is 4.72. The summed E-state index contributed by atoms with van der Waals surface area (Å²) in [5, 5.41) is 12.7. The third-order valence-corrected chi connectivity index (χ3v) is 2.17. The van der Waals surface area contributed by atoms with Crippen molar-refractivity contribution in [3.05, 3.63) is 11.6 Å². The van der Waals surface area contributed by atoms with Crippen LogP contribution in [0, 0.1) is 5.92 Å². The third kappa shape index (κ3) is 3.88. The molecule has 1 aliphatic rings. The van der Waals surface area contributed by atoms with Gasteiger partial charge in [-0.15, -0.1) is 0 Å². The van der Waals surface area contributed by atoms with Gasteiger partial charge in [-0.05, 0) is 32.6 Å². The van der Waals surface area contributed by atoms with Gasteiger partial charge >= 0.3 is 0 Å². The lowest BCUT2D eigenvalue weighted by Crippen LogP contribution is -2.28. The molecule has 0 aromatic rings. The molecule has 1 rings (SSSR count). The topological polar surface area (TPSA) is 32.3 Å². The summed E-state index contributed by atoms with van der Waals surface area (Å²) in [4.78, 5) is 0. The summed E-state index contributed by atoms with van der Waals surface area (Å²) in [6, 6.07) is 0. The molecule has 2 nitrogen and oxygen atoms in total. The molecule has 1 atom stereocenters. The number of hydrogen-bond acceptors (Lipinski definition) is 2. The lowest BCUT2D eigenvalue weighted by molar-refractivity contribution is 0.150. The minimum Gasteiger partial charge on any atom is -0.392 e. The van der Waals surface area contributed by atoms with Gasteiger partial charge in [-0.25, -0.2) is 0 Å². The Morgan fingerprint density at radius 3 is 2.75 bits per heavy atom. The Balaban J connectivity index is 1.97. The summed E-state index contributed by atoms with van der Waals surface area (Å²) in [6.07, 6.45) is 4.45. The second-order valence-electron chi connectivity index (χ2n) is 3.84. The number of allylic oxidation sites excluding steroid dienone is 1. The van der Waals surface area contributed by atoms with E-state index in [2.05, 4.69) is 25.2 Å². The standard InChI is InChI=1S/C10H19NO/c1-8(2)5-6-11-7-10(12)9-3-4-9/h5,9-12H,3-4,6-7H2,1-2H3. The van der Waals surface area contributed by atoms with E-state index in [1.165, 1.54) is 18.4 Å². The van der Waals surface area contributed by atoms with Crippen LogP contribution in [-0.4, -0.2) is 24.3 Å². The second-order valence-corrected chi connectivity index (χ2v) is 3.84. The Labute approximate surface area is 74.7 Å². The van der Waals surface area contributed by atoms with Crippen molar-refractivity contribution in [3.8, 4) is 0 Å². The molecule has 0 radical (unpaired) electrons. The molecule has 0 amide bonds. The maximum atomic E-state index is 9.47. The molecular formula is C10H19NO. The molecule has 0 aromatic heterocycles. The fourth-order valence-corrected chi connectivity index (χ4v) is 1.16. The van der Waals surface area contributed by atoms with Crippen molar-refractivity contribution in [1.29, 1.82) is 0 Å². The van der Waals surface area contributed by atoms with Gasteiger partial charge in [0, 0.05) is 13.1 Å². The molecule has 0 bridgehead atoms. The van der Waals surface area contributed by atoms with Gasteiger partial charge in [-0.3, -0.25) is 0 Å². The van der Waals surface area contributed by atoms with Gasteiger partial charge < -0.3 is 10.4 Å². The van der Waals surface area contributed by atoms with Crippen molar-refractivity contribution < 1.29 is 5.11 Å². The molecule has 0 aromatic carbocycles. The lowest BCUT2D eigenvalue weighted by Gasteiger charge is -2.08. The van der Waals surface area contributed by atoms with Crippen LogP contribution >= 0.6 is 0 Å². The van der Waals surface area contributed by atoms with Crippen LogP contribution in [-0.2, 0) is 0 Å². The number of aliphatic hydroxyl groups is 1. The Morgan fingerprint density at radius 2 is 2.25 bits per heavy atom. The van der Waals surface area contributed by atoms with Crippen LogP contribution in [0.2, 0.25) is 0 Å². The zero-order valence-corrected chi connectivity index (χ0v) is 8.01. The smallest absolute Gasteiger partial charge is 0.0692 e. The monoisotopic (exact) mass is 169 g/mol. The van der Waals surface area contributed by atoms with Crippen LogP contribution < -0.4 is 5.32 Å². The number of nitrogens with one attached hydrogen (secondary N) is 1. The van der Waals surface area contributed by atoms with Crippen molar-refractivity contribution in [2.45, 2.75) is 32.8 Å². The average Bonchev–Trinajstić information content (AvgIpc) is 2.79. The SMILES string of the molecule is CC(C)=CCNCC(O)C1CC1. The largest absolute Gasteiger partial charge is 0.392 e. The van der Waals surface area contributed by atoms with E-state index in [1.54, 1.807) is 0 Å². The van der Waals surface area contributed by atoms with Gasteiger partial charge in [-0.1, -0.05) is 11.6 Å². The van der Waals surface area contributed by atoms with E-state index in [-0.39, 0.29) is 6.10 Å². The predicted octanol–water partition coefficient (Wildman–Crippen LogP) is 1.31. The van der Waals surface area contributed by atoms with Crippen LogP contribution in [0.5, 0.6) is 0 Å². The van der Waals surface area contributed by atoms with Crippen LogP contribution in [0.3, 0.4) is 0 Å². The molecule has 0 spiro atoms. The fourth-order valence-electron chi connectivity index (χ4n) is 1.16. The molecule has 0 aliphatic heterocycles. The van der Waals surface area contributed by atoms with Crippen molar-refractivity contribution in [1.82, 2.24) is 5.32 Å². The molecule has 1 unspecified atom stereocenters. The molecule has 70 valence electrons. The third-order valence-electron chi connectivity index (χ3n) is 2.17. The molecule has 2 N–H and O–H groups in total. The molecule has 0 heterocycles. The van der Waals surface area contributed by atoms with Crippen molar-refractivity contribution in [2.75, 3.05) is 13.1 Å². The highest BCUT2D eigenvalue weighted by atomic mass is 16.3. The molecule has 12 heavy (non-hydrogen) atoms. The van der Waals surface area contributed by atoms with E-state index >= 15 is 0 Å². The van der Waals surface area contributed by atoms with Gasteiger partial charge in [0.1, 0.15) is 0 Å². The number of aliphatic hydroxyl groups excluding tert-OH is 1. The second kappa shape index (κ2) is 4.63. The predicted molar refractivity (Wildman–Crippen MR) is 51.0 cm³/mol. The summed E-state index contributed by atoms with van der Waals surface area (Å²) in [7, 11) is 0. The van der Waals surface area contributed by atoms with Crippen LogP contribution in [0.1, 0.15) is 26.7 Å². The Bertz CT molecular complexity index is 157. The quantitative estimate of drug-likeness (QED) is 0.480. The summed E-state index contributed by atoms with van der Waals surface area (Å²) < 4.78 is 0. The maximum Gasteiger partial charge on any atom is 0.0692 e. The molecule has 1 saturated carbocycles. The van der Waals surface area contributed by atoms with E-state index in [0.29, 0.717) is 5.92 Å². The van der Waals surface area contributed by atoms with Crippen LogP contribution in [0.4, 0.5) is 0 Å². The Kier molecular flexibility index (Phi) is 3.76. The van der Waals surface area contributed by atoms with Gasteiger partial charge in [0.2, 0.25) is 0 Å². The Hall–Kier alpha value is -0.340. The van der Waals surface area contributed by atoms with Gasteiger partial charge in [0.25, 0.3) is 0 Å². The molecule has 0 saturated heterocycles. The summed E-state index contributed by atoms with van der Waals surface area (Å²) in [6.45, 7) is 5.79. The van der Waals surface area contributed by atoms with Gasteiger partial charge in [0.05, 0.1) is 6.10 Å². The average molecular weight is 169 g/mol. The van der Waals surface area contributed by atoms with E-state index in [9.17, 15) is 5.11 Å². The minimum absolute atomic E-state index is 0.115. The summed E-state index contributed by atoms with van der Waals surface area (Å²) >= 11 is 0. The molecule has 1 aliphatic carbocycles. The molecule has 1 fully saturated rings. The van der Waals surface area contributed by atoms with Crippen molar-refractivity contribution >= 4 is 0 Å². The van der Waals surface area contributed by atoms with E-state index in [0.717, 1.165) is 13.1 Å². The first-order valence-corrected chi connectivity index (χ1v) is 4.72. The normalized spacial score (nSPS) is 18.9. The Morgan fingerprint density at radius 1 is 1.58 bits per heavy atom. The number of rotatable bonds is 5. The first-order chi connectivity index (χ1) is 5.70. The van der Waals surface area contributed by atoms with E-state index < -0.39 is 0 Å². The lowest BCUT2D eigenvalue weighted by atomic mass is 10.2. The van der Waals surface area contributed by atoms with E-state index in [4.69, 9.17) is 0 Å². The summed E-state index contributed by atoms with van der Waals surface area (Å²) in [5.74, 6) is 0.587. The minimum atomic E-state index is -0.115. The van der Waals surface area contributed by atoms with Gasteiger partial charge in [-0.2, -0.15) is 0 Å². The highest BCUT2D eigenvalue weighted by molar-refractivity contribution is 4.94. The number of hydrogen-bond donors (Lipinski definition) is 2. The zero-order valence-electron chi connectivity index (χ0n) is 8.01. The van der Waals surface area contributed by atoms with Crippen molar-refractivity contribution in [3.63, 3.8) is 0 Å². The maximum absolute atomic E-state index is 9.47. The van der Waals surface area contributed by atoms with Gasteiger partial charge in [0.15, 0.2) is 0 Å². The van der Waals surface area contributed by atoms with E-state index in [1.807, 2.05) is 0 Å². The zero-order chi connectivity index (χ0) is 8.97. The van der Waals surface area contributed by atoms with Crippen molar-refractivity contribution in [2.24, 2.45) is 5.92 Å². The van der Waals surface area contributed by atoms with Crippen LogP contribution in [0.15, 0.2) is 11.6 Å². The van der Waals surface area contributed by atoms with Crippen LogP contribution in [0.25, 0.3) is 0 Å². The highest BCUT2D eigenvalue weighted by Gasteiger charge is 2.28. The highest BCUT2D eigenvalue weighted by Crippen LogP contribution is 2.32. The summed E-state index contributed by atoms with van der Waals surface area (Å²) in [5.41, 5.74) is 1.32.